The lowest BCUT2D eigenvalue weighted by atomic mass is 10.1. The summed E-state index contributed by atoms with van der Waals surface area (Å²) >= 11 is 0. The van der Waals surface area contributed by atoms with Crippen molar-refractivity contribution in [3.8, 4) is 29.1 Å². The number of aromatic hydroxyl groups is 1. The molecule has 0 aromatic heterocycles. The predicted octanol–water partition coefficient (Wildman–Crippen LogP) is 4.14. The maximum atomic E-state index is 12.6. The minimum absolute atomic E-state index is 0.00442. The van der Waals surface area contributed by atoms with Crippen molar-refractivity contribution in [2.45, 2.75) is 29.2 Å². The van der Waals surface area contributed by atoms with Crippen molar-refractivity contribution in [1.29, 1.82) is 0 Å². The highest BCUT2D eigenvalue weighted by molar-refractivity contribution is 7.91. The molecule has 0 saturated heterocycles. The molecule has 0 saturated carbocycles. The molecule has 3 aromatic rings. The largest absolute Gasteiger partial charge is 0.508 e. The van der Waals surface area contributed by atoms with Crippen LogP contribution in [0.3, 0.4) is 0 Å². The number of hydrogen-bond donors (Lipinski definition) is 2. The van der Waals surface area contributed by atoms with Crippen LogP contribution in [0.1, 0.15) is 19.4 Å². The van der Waals surface area contributed by atoms with E-state index in [-0.39, 0.29) is 15.5 Å². The van der Waals surface area contributed by atoms with Gasteiger partial charge in [-0.1, -0.05) is 11.8 Å². The van der Waals surface area contributed by atoms with Crippen LogP contribution in [-0.2, 0) is 9.84 Å². The van der Waals surface area contributed by atoms with Crippen LogP contribution in [0.15, 0.2) is 82.6 Å². The molecule has 2 N–H and O–H groups in total. The smallest absolute Gasteiger partial charge is 0.206 e. The first-order valence-electron chi connectivity index (χ1n) is 8.81. The van der Waals surface area contributed by atoms with E-state index in [2.05, 4.69) is 11.8 Å². The summed E-state index contributed by atoms with van der Waals surface area (Å²) < 4.78 is 31.0. The van der Waals surface area contributed by atoms with E-state index in [1.165, 1.54) is 36.4 Å². The quantitative estimate of drug-likeness (QED) is 0.634. The molecule has 148 valence electrons. The zero-order valence-corrected chi connectivity index (χ0v) is 16.8. The van der Waals surface area contributed by atoms with Crippen molar-refractivity contribution in [3.05, 3.63) is 78.4 Å². The van der Waals surface area contributed by atoms with Crippen molar-refractivity contribution in [2.75, 3.05) is 0 Å². The number of ether oxygens (including phenoxy) is 1. The second kappa shape index (κ2) is 8.00. The van der Waals surface area contributed by atoms with Gasteiger partial charge in [0, 0.05) is 5.56 Å². The highest BCUT2D eigenvalue weighted by Crippen LogP contribution is 2.27. The Bertz CT molecular complexity index is 1140. The van der Waals surface area contributed by atoms with Crippen LogP contribution in [0.2, 0.25) is 0 Å². The molecule has 5 nitrogen and oxygen atoms in total. The topological polar surface area (TPSA) is 83.8 Å². The van der Waals surface area contributed by atoms with Crippen molar-refractivity contribution in [3.63, 3.8) is 0 Å². The predicted molar refractivity (Wildman–Crippen MR) is 110 cm³/mol. The fourth-order valence-corrected chi connectivity index (χ4v) is 3.68. The lowest BCUT2D eigenvalue weighted by Crippen LogP contribution is -2.14. The van der Waals surface area contributed by atoms with E-state index in [9.17, 15) is 18.6 Å². The van der Waals surface area contributed by atoms with E-state index in [1.807, 2.05) is 0 Å². The van der Waals surface area contributed by atoms with Gasteiger partial charge in [0.05, 0.1) is 9.79 Å². The first kappa shape index (κ1) is 20.5. The second-order valence-electron chi connectivity index (χ2n) is 6.90. The lowest BCUT2D eigenvalue weighted by Gasteiger charge is -2.08. The Morgan fingerprint density at radius 3 is 1.72 bits per heavy atom. The Morgan fingerprint density at radius 2 is 1.24 bits per heavy atom. The molecule has 0 radical (unpaired) electrons. The maximum Gasteiger partial charge on any atom is 0.206 e. The monoisotopic (exact) mass is 408 g/mol. The van der Waals surface area contributed by atoms with Gasteiger partial charge >= 0.3 is 0 Å². The molecule has 0 aliphatic rings. The Hall–Kier alpha value is -3.27. The van der Waals surface area contributed by atoms with Crippen molar-refractivity contribution in [1.82, 2.24) is 0 Å². The summed E-state index contributed by atoms with van der Waals surface area (Å²) in [5.41, 5.74) is -0.313. The van der Waals surface area contributed by atoms with Crippen molar-refractivity contribution in [2.24, 2.45) is 0 Å². The molecule has 0 atom stereocenters. The fraction of sp³-hybridized carbons (Fsp3) is 0.130. The van der Waals surface area contributed by atoms with Gasteiger partial charge in [-0.15, -0.1) is 0 Å². The van der Waals surface area contributed by atoms with E-state index >= 15 is 0 Å². The molecule has 29 heavy (non-hydrogen) atoms. The SMILES string of the molecule is CC(C)(O)C#Cc1ccc(Oc2ccc(S(=O)(=O)c3ccc(O)cc3)cc2)cc1. The number of benzene rings is 3. The van der Waals surface area contributed by atoms with Gasteiger partial charge < -0.3 is 14.9 Å². The van der Waals surface area contributed by atoms with E-state index in [0.29, 0.717) is 11.5 Å². The van der Waals surface area contributed by atoms with E-state index < -0.39 is 15.4 Å². The maximum absolute atomic E-state index is 12.6. The molecule has 0 unspecified atom stereocenters. The van der Waals surface area contributed by atoms with Crippen LogP contribution in [0.25, 0.3) is 0 Å². The number of rotatable bonds is 4. The summed E-state index contributed by atoms with van der Waals surface area (Å²) in [6.07, 6.45) is 0. The molecule has 0 aliphatic carbocycles. The average Bonchev–Trinajstić information content (AvgIpc) is 2.68. The minimum atomic E-state index is -3.67. The zero-order chi connectivity index (χ0) is 21.1. The molecule has 0 aliphatic heterocycles. The first-order valence-corrected chi connectivity index (χ1v) is 10.3. The summed E-state index contributed by atoms with van der Waals surface area (Å²) in [6, 6.07) is 18.5. The summed E-state index contributed by atoms with van der Waals surface area (Å²) in [6.45, 7) is 3.23. The van der Waals surface area contributed by atoms with Gasteiger partial charge in [0.15, 0.2) is 0 Å². The second-order valence-corrected chi connectivity index (χ2v) is 8.85. The van der Waals surface area contributed by atoms with Crippen molar-refractivity contribution >= 4 is 9.84 Å². The number of sulfone groups is 1. The molecular formula is C23H20O5S. The van der Waals surface area contributed by atoms with E-state index in [0.717, 1.165) is 5.56 Å². The number of hydrogen-bond acceptors (Lipinski definition) is 5. The molecule has 3 aromatic carbocycles. The third kappa shape index (κ3) is 5.38. The van der Waals surface area contributed by atoms with Gasteiger partial charge in [0.2, 0.25) is 9.84 Å². The third-order valence-electron chi connectivity index (χ3n) is 3.88. The Labute approximate surface area is 170 Å². The molecule has 6 heteroatoms. The Morgan fingerprint density at radius 1 is 0.793 bits per heavy atom. The van der Waals surface area contributed by atoms with Gasteiger partial charge in [-0.3, -0.25) is 0 Å². The zero-order valence-electron chi connectivity index (χ0n) is 16.0. The molecule has 3 rings (SSSR count). The van der Waals surface area contributed by atoms with Crippen LogP contribution >= 0.6 is 0 Å². The Kier molecular flexibility index (Phi) is 5.64. The van der Waals surface area contributed by atoms with Gasteiger partial charge in [-0.05, 0) is 86.6 Å². The van der Waals surface area contributed by atoms with Gasteiger partial charge in [-0.25, -0.2) is 8.42 Å². The number of phenolic OH excluding ortho intramolecular Hbond substituents is 1. The average molecular weight is 408 g/mol. The minimum Gasteiger partial charge on any atom is -0.508 e. The molecule has 0 heterocycles. The Balaban J connectivity index is 1.74. The van der Waals surface area contributed by atoms with Crippen LogP contribution in [-0.4, -0.2) is 24.2 Å². The number of aliphatic hydroxyl groups is 1. The summed E-state index contributed by atoms with van der Waals surface area (Å²) in [4.78, 5) is 0.236. The fourth-order valence-electron chi connectivity index (χ4n) is 2.42. The van der Waals surface area contributed by atoms with Crippen LogP contribution in [0.4, 0.5) is 0 Å². The third-order valence-corrected chi connectivity index (χ3v) is 5.67. The standard InChI is InChI=1S/C23H20O5S/c1-23(2,25)16-15-17-3-7-19(8-4-17)28-20-9-13-22(14-10-20)29(26,27)21-11-5-18(24)6-12-21/h3-14,24-25H,1-2H3. The van der Waals surface area contributed by atoms with Crippen LogP contribution < -0.4 is 4.74 Å². The van der Waals surface area contributed by atoms with Crippen LogP contribution in [0, 0.1) is 11.8 Å². The van der Waals surface area contributed by atoms with Gasteiger partial charge in [0.1, 0.15) is 22.8 Å². The van der Waals surface area contributed by atoms with Gasteiger partial charge in [0.25, 0.3) is 0 Å². The summed E-state index contributed by atoms with van der Waals surface area (Å²) in [5.74, 6) is 6.69. The van der Waals surface area contributed by atoms with E-state index in [4.69, 9.17) is 4.74 Å². The molecule has 0 fully saturated rings. The van der Waals surface area contributed by atoms with Gasteiger partial charge in [-0.2, -0.15) is 0 Å². The first-order chi connectivity index (χ1) is 13.6. The molecular weight excluding hydrogens is 388 g/mol. The van der Waals surface area contributed by atoms with Crippen LogP contribution in [0.5, 0.6) is 17.2 Å². The molecule has 0 amide bonds. The lowest BCUT2D eigenvalue weighted by molar-refractivity contribution is 0.143. The van der Waals surface area contributed by atoms with Crippen molar-refractivity contribution < 1.29 is 23.4 Å². The normalized spacial score (nSPS) is 11.4. The molecule has 0 spiro atoms. The summed E-state index contributed by atoms with van der Waals surface area (Å²) in [5, 5.41) is 19.0. The highest BCUT2D eigenvalue weighted by Gasteiger charge is 2.17. The highest BCUT2D eigenvalue weighted by atomic mass is 32.2. The number of phenols is 1. The summed E-state index contributed by atoms with van der Waals surface area (Å²) in [7, 11) is -3.67. The van der Waals surface area contributed by atoms with E-state index in [1.54, 1.807) is 50.2 Å². The molecule has 0 bridgehead atoms.